The molecule has 1 heterocycles. The van der Waals surface area contributed by atoms with Crippen LogP contribution in [-0.2, 0) is 9.84 Å². The van der Waals surface area contributed by atoms with Gasteiger partial charge in [0, 0.05) is 29.8 Å². The molecule has 0 saturated heterocycles. The fourth-order valence-corrected chi connectivity index (χ4v) is 2.24. The van der Waals surface area contributed by atoms with Gasteiger partial charge in [-0.1, -0.05) is 0 Å². The van der Waals surface area contributed by atoms with Gasteiger partial charge in [0.05, 0.1) is 6.20 Å². The fraction of sp³-hybridized carbons (Fsp3) is 0.500. The van der Waals surface area contributed by atoms with Gasteiger partial charge in [0.1, 0.15) is 15.7 Å². The number of hydrogen-bond donors (Lipinski definition) is 2. The molecule has 17 heavy (non-hydrogen) atoms. The predicted octanol–water partition coefficient (Wildman–Crippen LogP) is 0.550. The highest BCUT2D eigenvalue weighted by atomic mass is 32.2. The van der Waals surface area contributed by atoms with Gasteiger partial charge in [-0.2, -0.15) is 0 Å². The number of pyridine rings is 1. The standard InChI is InChI=1S/C10H16FN3O2S/c1-17(15,16)6-2-3-10(14-12)8-4-5-13-7-9(8)11/h4-5,7,10,14H,2-3,6,12H2,1H3. The average molecular weight is 261 g/mol. The van der Waals surface area contributed by atoms with Gasteiger partial charge in [-0.3, -0.25) is 16.3 Å². The molecule has 0 radical (unpaired) electrons. The van der Waals surface area contributed by atoms with E-state index in [1.807, 2.05) is 0 Å². The Morgan fingerprint density at radius 3 is 2.82 bits per heavy atom. The second-order valence-corrected chi connectivity index (χ2v) is 6.15. The first kappa shape index (κ1) is 14.0. The van der Waals surface area contributed by atoms with Gasteiger partial charge in [0.25, 0.3) is 0 Å². The summed E-state index contributed by atoms with van der Waals surface area (Å²) in [5.41, 5.74) is 2.88. The zero-order valence-electron chi connectivity index (χ0n) is 9.56. The van der Waals surface area contributed by atoms with Crippen LogP contribution in [-0.4, -0.2) is 25.4 Å². The lowest BCUT2D eigenvalue weighted by atomic mass is 10.0. The maximum absolute atomic E-state index is 13.4. The molecule has 0 amide bonds. The van der Waals surface area contributed by atoms with Crippen molar-refractivity contribution < 1.29 is 12.8 Å². The minimum absolute atomic E-state index is 0.0673. The van der Waals surface area contributed by atoms with E-state index in [0.717, 1.165) is 6.20 Å². The van der Waals surface area contributed by atoms with Crippen molar-refractivity contribution in [1.82, 2.24) is 10.4 Å². The molecule has 1 rings (SSSR count). The van der Waals surface area contributed by atoms with E-state index in [4.69, 9.17) is 5.84 Å². The minimum atomic E-state index is -3.00. The van der Waals surface area contributed by atoms with E-state index >= 15 is 0 Å². The van der Waals surface area contributed by atoms with E-state index in [9.17, 15) is 12.8 Å². The summed E-state index contributed by atoms with van der Waals surface area (Å²) in [7, 11) is -3.00. The molecule has 0 spiro atoms. The first-order valence-corrected chi connectivity index (χ1v) is 7.23. The molecule has 0 aliphatic heterocycles. The Hall–Kier alpha value is -1.05. The Balaban J connectivity index is 2.64. The number of halogens is 1. The van der Waals surface area contributed by atoms with Crippen molar-refractivity contribution in [2.75, 3.05) is 12.0 Å². The summed E-state index contributed by atoms with van der Waals surface area (Å²) in [5, 5.41) is 0. The highest BCUT2D eigenvalue weighted by Gasteiger charge is 2.14. The maximum Gasteiger partial charge on any atom is 0.147 e. The van der Waals surface area contributed by atoms with Crippen LogP contribution >= 0.6 is 0 Å². The molecular weight excluding hydrogens is 245 g/mol. The highest BCUT2D eigenvalue weighted by molar-refractivity contribution is 7.90. The molecule has 0 bridgehead atoms. The summed E-state index contributed by atoms with van der Waals surface area (Å²) in [6.45, 7) is 0. The minimum Gasteiger partial charge on any atom is -0.271 e. The number of nitrogens with zero attached hydrogens (tertiary/aromatic N) is 1. The maximum atomic E-state index is 13.4. The second kappa shape index (κ2) is 6.04. The Bertz CT molecular complexity index is 464. The van der Waals surface area contributed by atoms with Crippen molar-refractivity contribution in [2.24, 2.45) is 5.84 Å². The smallest absolute Gasteiger partial charge is 0.147 e. The van der Waals surface area contributed by atoms with E-state index in [1.54, 1.807) is 0 Å². The number of nitrogens with one attached hydrogen (secondary N) is 1. The van der Waals surface area contributed by atoms with E-state index in [2.05, 4.69) is 10.4 Å². The van der Waals surface area contributed by atoms with Crippen molar-refractivity contribution >= 4 is 9.84 Å². The van der Waals surface area contributed by atoms with Gasteiger partial charge >= 0.3 is 0 Å². The van der Waals surface area contributed by atoms with Crippen LogP contribution in [0.4, 0.5) is 4.39 Å². The lowest BCUT2D eigenvalue weighted by Crippen LogP contribution is -2.29. The number of rotatable bonds is 6. The van der Waals surface area contributed by atoms with Crippen molar-refractivity contribution in [3.05, 3.63) is 29.8 Å². The van der Waals surface area contributed by atoms with Crippen molar-refractivity contribution in [3.8, 4) is 0 Å². The van der Waals surface area contributed by atoms with Gasteiger partial charge < -0.3 is 0 Å². The van der Waals surface area contributed by atoms with Gasteiger partial charge in [0.15, 0.2) is 0 Å². The first-order valence-electron chi connectivity index (χ1n) is 5.17. The Labute approximate surface area is 100 Å². The van der Waals surface area contributed by atoms with Gasteiger partial charge in [-0.15, -0.1) is 0 Å². The van der Waals surface area contributed by atoms with Crippen LogP contribution in [0.2, 0.25) is 0 Å². The third-order valence-corrected chi connectivity index (χ3v) is 3.42. The molecule has 0 fully saturated rings. The Kier molecular flexibility index (Phi) is 4.98. The van der Waals surface area contributed by atoms with Crippen LogP contribution in [0, 0.1) is 5.82 Å². The summed E-state index contributed by atoms with van der Waals surface area (Å²) >= 11 is 0. The zero-order chi connectivity index (χ0) is 12.9. The Morgan fingerprint density at radius 1 is 1.59 bits per heavy atom. The average Bonchev–Trinajstić information content (AvgIpc) is 2.24. The molecule has 1 aromatic rings. The largest absolute Gasteiger partial charge is 0.271 e. The number of hydrogen-bond acceptors (Lipinski definition) is 5. The molecular formula is C10H16FN3O2S. The summed E-state index contributed by atoms with van der Waals surface area (Å²) in [6.07, 6.45) is 4.63. The predicted molar refractivity (Wildman–Crippen MR) is 63.2 cm³/mol. The molecule has 5 nitrogen and oxygen atoms in total. The molecule has 0 saturated carbocycles. The lowest BCUT2D eigenvalue weighted by molar-refractivity contribution is 0.478. The third kappa shape index (κ3) is 4.76. The monoisotopic (exact) mass is 261 g/mol. The molecule has 1 atom stereocenters. The normalized spacial score (nSPS) is 13.6. The van der Waals surface area contributed by atoms with E-state index < -0.39 is 21.7 Å². The number of aromatic nitrogens is 1. The van der Waals surface area contributed by atoms with Crippen LogP contribution < -0.4 is 11.3 Å². The zero-order valence-corrected chi connectivity index (χ0v) is 10.4. The van der Waals surface area contributed by atoms with Crippen LogP contribution in [0.3, 0.4) is 0 Å². The topological polar surface area (TPSA) is 85.1 Å². The summed E-state index contributed by atoms with van der Waals surface area (Å²) in [6, 6.07) is 1.13. The number of sulfone groups is 1. The van der Waals surface area contributed by atoms with E-state index in [1.165, 1.54) is 18.5 Å². The SMILES string of the molecule is CS(=O)(=O)CCCC(NN)c1ccncc1F. The lowest BCUT2D eigenvalue weighted by Gasteiger charge is -2.16. The van der Waals surface area contributed by atoms with Crippen molar-refractivity contribution in [3.63, 3.8) is 0 Å². The highest BCUT2D eigenvalue weighted by Crippen LogP contribution is 2.20. The van der Waals surface area contributed by atoms with Crippen LogP contribution in [0.5, 0.6) is 0 Å². The van der Waals surface area contributed by atoms with Gasteiger partial charge in [0.2, 0.25) is 0 Å². The van der Waals surface area contributed by atoms with Crippen LogP contribution in [0.15, 0.2) is 18.5 Å². The molecule has 96 valence electrons. The van der Waals surface area contributed by atoms with E-state index in [0.29, 0.717) is 18.4 Å². The van der Waals surface area contributed by atoms with Crippen molar-refractivity contribution in [1.29, 1.82) is 0 Å². The summed E-state index contributed by atoms with van der Waals surface area (Å²) in [4.78, 5) is 3.64. The summed E-state index contributed by atoms with van der Waals surface area (Å²) < 4.78 is 35.3. The molecule has 3 N–H and O–H groups in total. The molecule has 0 aliphatic carbocycles. The van der Waals surface area contributed by atoms with Crippen LogP contribution in [0.1, 0.15) is 24.4 Å². The van der Waals surface area contributed by atoms with Gasteiger partial charge in [-0.05, 0) is 18.9 Å². The summed E-state index contributed by atoms with van der Waals surface area (Å²) in [5.74, 6) is 4.96. The number of hydrazine groups is 1. The molecule has 0 aromatic carbocycles. The molecule has 7 heteroatoms. The van der Waals surface area contributed by atoms with E-state index in [-0.39, 0.29) is 5.75 Å². The number of nitrogens with two attached hydrogens (primary N) is 1. The third-order valence-electron chi connectivity index (χ3n) is 2.39. The van der Waals surface area contributed by atoms with Gasteiger partial charge in [-0.25, -0.2) is 12.8 Å². The first-order chi connectivity index (χ1) is 7.94. The quantitative estimate of drug-likeness (QED) is 0.577. The van der Waals surface area contributed by atoms with Crippen LogP contribution in [0.25, 0.3) is 0 Å². The Morgan fingerprint density at radius 2 is 2.29 bits per heavy atom. The molecule has 1 unspecified atom stereocenters. The molecule has 0 aliphatic rings. The second-order valence-electron chi connectivity index (χ2n) is 3.89. The fourth-order valence-electron chi connectivity index (χ4n) is 1.55. The molecule has 1 aromatic heterocycles. The van der Waals surface area contributed by atoms with Crippen molar-refractivity contribution in [2.45, 2.75) is 18.9 Å².